The van der Waals surface area contributed by atoms with Crippen molar-refractivity contribution in [1.29, 1.82) is 0 Å². The predicted molar refractivity (Wildman–Crippen MR) is 133 cm³/mol. The molecule has 0 aliphatic carbocycles. The number of hydrazine groups is 1. The highest BCUT2D eigenvalue weighted by atomic mass is 32.2. The summed E-state index contributed by atoms with van der Waals surface area (Å²) in [6.45, 7) is -1.10. The van der Waals surface area contributed by atoms with Gasteiger partial charge in [0.25, 0.3) is 15.6 Å². The van der Waals surface area contributed by atoms with Crippen molar-refractivity contribution in [3.05, 3.63) is 106 Å². The third kappa shape index (κ3) is 5.12. The van der Waals surface area contributed by atoms with Gasteiger partial charge in [-0.15, -0.1) is 4.41 Å². The molecule has 210 valence electrons. The Morgan fingerprint density at radius 2 is 1.25 bits per heavy atom. The smallest absolute Gasteiger partial charge is 0.267 e. The fourth-order valence-electron chi connectivity index (χ4n) is 3.83. The van der Waals surface area contributed by atoms with E-state index in [1.165, 1.54) is 62.6 Å². The van der Waals surface area contributed by atoms with Gasteiger partial charge in [0, 0.05) is 26.7 Å². The Balaban J connectivity index is 1.87. The maximum atomic E-state index is 14.3. The number of sulfonamides is 1. The van der Waals surface area contributed by atoms with Crippen LogP contribution < -0.4 is 5.56 Å². The highest BCUT2D eigenvalue weighted by molar-refractivity contribution is 7.89. The van der Waals surface area contributed by atoms with Gasteiger partial charge in [-0.05, 0) is 35.4 Å². The fourth-order valence-corrected chi connectivity index (χ4v) is 5.04. The molecule has 1 aromatic heterocycles. The lowest BCUT2D eigenvalue weighted by Gasteiger charge is -2.23. The third-order valence-electron chi connectivity index (χ3n) is 6.16. The summed E-state index contributed by atoms with van der Waals surface area (Å²) >= 11 is 0. The molecule has 7 nitrogen and oxygen atoms in total. The molecule has 0 unspecified atom stereocenters. The van der Waals surface area contributed by atoms with Gasteiger partial charge in [-0.25, -0.2) is 44.5 Å². The summed E-state index contributed by atoms with van der Waals surface area (Å²) in [6, 6.07) is 9.99. The zero-order chi connectivity index (χ0) is 29.5. The summed E-state index contributed by atoms with van der Waals surface area (Å²) in [5, 5.41) is 5.22. The zero-order valence-electron chi connectivity index (χ0n) is 21.1. The van der Waals surface area contributed by atoms with E-state index in [0.717, 1.165) is 22.7 Å². The first-order valence-corrected chi connectivity index (χ1v) is 12.8. The van der Waals surface area contributed by atoms with E-state index in [1.807, 2.05) is 0 Å². The third-order valence-corrected chi connectivity index (χ3v) is 8.05. The monoisotopic (exact) mass is 582 g/mol. The Morgan fingerprint density at radius 1 is 0.750 bits per heavy atom. The van der Waals surface area contributed by atoms with E-state index in [-0.39, 0.29) is 21.6 Å². The lowest BCUT2D eigenvalue weighted by atomic mass is 9.97. The van der Waals surface area contributed by atoms with Crippen LogP contribution >= 0.6 is 0 Å². The summed E-state index contributed by atoms with van der Waals surface area (Å²) in [5.41, 5.74) is -1.81. The largest absolute Gasteiger partial charge is 0.275 e. The summed E-state index contributed by atoms with van der Waals surface area (Å²) in [7, 11) is 0.528. The predicted octanol–water partition coefficient (Wildman–Crippen LogP) is 4.56. The van der Waals surface area contributed by atoms with Crippen LogP contribution in [0.3, 0.4) is 0 Å². The van der Waals surface area contributed by atoms with Gasteiger partial charge in [-0.3, -0.25) is 4.79 Å². The van der Waals surface area contributed by atoms with Crippen LogP contribution in [-0.4, -0.2) is 48.8 Å². The molecule has 0 radical (unpaired) electrons. The van der Waals surface area contributed by atoms with Crippen molar-refractivity contribution >= 4 is 10.0 Å². The number of rotatable bonds is 7. The molecule has 40 heavy (non-hydrogen) atoms. The molecule has 0 aliphatic rings. The lowest BCUT2D eigenvalue weighted by Crippen LogP contribution is -2.38. The highest BCUT2D eigenvalue weighted by Gasteiger charge is 2.27. The van der Waals surface area contributed by atoms with Gasteiger partial charge in [0.15, 0.2) is 23.3 Å². The quantitative estimate of drug-likeness (QED) is 0.138. The van der Waals surface area contributed by atoms with Gasteiger partial charge < -0.3 is 0 Å². The second-order valence-electron chi connectivity index (χ2n) is 8.76. The Bertz CT molecular complexity index is 1730. The summed E-state index contributed by atoms with van der Waals surface area (Å²) in [4.78, 5) is 13.4. The van der Waals surface area contributed by atoms with E-state index < -0.39 is 62.6 Å². The Kier molecular flexibility index (Phi) is 7.87. The topological polar surface area (TPSA) is 75.5 Å². The maximum Gasteiger partial charge on any atom is 0.275 e. The van der Waals surface area contributed by atoms with Gasteiger partial charge in [0.05, 0.1) is 28.8 Å². The molecule has 3 aromatic carbocycles. The fraction of sp³-hybridized carbons (Fsp3) is 0.154. The minimum Gasteiger partial charge on any atom is -0.267 e. The second kappa shape index (κ2) is 10.9. The van der Waals surface area contributed by atoms with Gasteiger partial charge in [-0.2, -0.15) is 5.10 Å². The first kappa shape index (κ1) is 29.0. The Labute approximate surface area is 224 Å². The van der Waals surface area contributed by atoms with E-state index in [0.29, 0.717) is 10.2 Å². The van der Waals surface area contributed by atoms with Crippen molar-refractivity contribution < 1.29 is 34.8 Å². The van der Waals surface area contributed by atoms with Crippen LogP contribution in [0, 0.1) is 34.9 Å². The molecule has 0 saturated carbocycles. The SMILES string of the molecule is CN(C)N(C)S(=O)(=O)c1ccc(-c2cnn(Cc3c(F)c(F)c(F)c(F)c3F)c(=O)c2-c2ccc(F)cc2)cc1. The molecule has 14 heteroatoms. The highest BCUT2D eigenvalue weighted by Crippen LogP contribution is 2.31. The van der Waals surface area contributed by atoms with Crippen LogP contribution in [0.25, 0.3) is 22.3 Å². The molecule has 0 bridgehead atoms. The molecule has 0 aliphatic heterocycles. The zero-order valence-corrected chi connectivity index (χ0v) is 21.9. The molecule has 0 amide bonds. The van der Waals surface area contributed by atoms with Gasteiger partial charge in [0.2, 0.25) is 5.82 Å². The maximum absolute atomic E-state index is 14.3. The van der Waals surface area contributed by atoms with Crippen LogP contribution in [0.1, 0.15) is 5.56 Å². The van der Waals surface area contributed by atoms with Crippen molar-refractivity contribution in [2.75, 3.05) is 21.1 Å². The minimum absolute atomic E-state index is 0.0663. The van der Waals surface area contributed by atoms with Crippen molar-refractivity contribution in [2.24, 2.45) is 0 Å². The molecule has 0 atom stereocenters. The number of benzene rings is 3. The number of halogens is 6. The van der Waals surface area contributed by atoms with Crippen LogP contribution in [0.4, 0.5) is 26.3 Å². The standard InChI is InChI=1S/C26H20F6N4O3S/c1-34(2)35(3)40(38,39)17-10-6-14(7-11-17)18-12-33-36(26(37)20(18)15-4-8-16(27)9-5-15)13-19-21(28)23(30)25(32)24(31)22(19)29/h4-12H,13H2,1-3H3. The molecule has 0 saturated heterocycles. The van der Waals surface area contributed by atoms with E-state index in [4.69, 9.17) is 0 Å². The van der Waals surface area contributed by atoms with Crippen LogP contribution in [0.15, 0.2) is 64.4 Å². The van der Waals surface area contributed by atoms with Gasteiger partial charge >= 0.3 is 0 Å². The summed E-state index contributed by atoms with van der Waals surface area (Å²) < 4.78 is 110. The molecule has 0 fully saturated rings. The van der Waals surface area contributed by atoms with E-state index in [9.17, 15) is 39.6 Å². The second-order valence-corrected chi connectivity index (χ2v) is 10.7. The van der Waals surface area contributed by atoms with E-state index >= 15 is 0 Å². The first-order chi connectivity index (χ1) is 18.7. The van der Waals surface area contributed by atoms with E-state index in [1.54, 1.807) is 0 Å². The molecule has 1 heterocycles. The molecule has 0 spiro atoms. The summed E-state index contributed by atoms with van der Waals surface area (Å²) in [6.07, 6.45) is 1.11. The average Bonchev–Trinajstić information content (AvgIpc) is 2.94. The number of hydrogen-bond donors (Lipinski definition) is 0. The first-order valence-electron chi connectivity index (χ1n) is 11.4. The Hall–Kier alpha value is -4.01. The van der Waals surface area contributed by atoms with Crippen molar-refractivity contribution in [3.63, 3.8) is 0 Å². The number of nitrogens with zero attached hydrogens (tertiary/aromatic N) is 4. The molecule has 4 aromatic rings. The van der Waals surface area contributed by atoms with Crippen LogP contribution in [-0.2, 0) is 16.6 Å². The number of aromatic nitrogens is 2. The lowest BCUT2D eigenvalue weighted by molar-refractivity contribution is 0.160. The molecule has 4 rings (SSSR count). The average molecular weight is 583 g/mol. The van der Waals surface area contributed by atoms with Crippen molar-refractivity contribution in [3.8, 4) is 22.3 Å². The van der Waals surface area contributed by atoms with Crippen molar-refractivity contribution in [2.45, 2.75) is 11.4 Å². The van der Waals surface area contributed by atoms with Crippen LogP contribution in [0.2, 0.25) is 0 Å². The van der Waals surface area contributed by atoms with Crippen molar-refractivity contribution in [1.82, 2.24) is 19.2 Å². The summed E-state index contributed by atoms with van der Waals surface area (Å²) in [5.74, 6) is -11.5. The Morgan fingerprint density at radius 3 is 1.77 bits per heavy atom. The molecular weight excluding hydrogens is 562 g/mol. The molecular formula is C26H20F6N4O3S. The van der Waals surface area contributed by atoms with Gasteiger partial charge in [-0.1, -0.05) is 24.3 Å². The minimum atomic E-state index is -3.89. The normalized spacial score (nSPS) is 12.0. The van der Waals surface area contributed by atoms with Crippen LogP contribution in [0.5, 0.6) is 0 Å². The number of hydrogen-bond acceptors (Lipinski definition) is 5. The van der Waals surface area contributed by atoms with E-state index in [2.05, 4.69) is 5.10 Å². The molecule has 0 N–H and O–H groups in total. The van der Waals surface area contributed by atoms with Gasteiger partial charge in [0.1, 0.15) is 5.82 Å².